The van der Waals surface area contributed by atoms with Crippen molar-refractivity contribution in [2.75, 3.05) is 0 Å². The van der Waals surface area contributed by atoms with Crippen LogP contribution in [0.15, 0.2) is 0 Å². The maximum Gasteiger partial charge on any atom is 0.161 e. The average molecular weight is 485 g/mol. The van der Waals surface area contributed by atoms with E-state index in [0.29, 0.717) is 17.8 Å². The monoisotopic (exact) mass is 484 g/mol. The van der Waals surface area contributed by atoms with Crippen molar-refractivity contribution < 1.29 is 28.8 Å². The second-order valence-corrected chi connectivity index (χ2v) is 11.6. The molecule has 200 valence electrons. The summed E-state index contributed by atoms with van der Waals surface area (Å²) in [4.78, 5) is 0. The summed E-state index contributed by atoms with van der Waals surface area (Å²) in [5.74, 6) is 2.04. The van der Waals surface area contributed by atoms with E-state index in [-0.39, 0.29) is 66.8 Å². The molecule has 6 nitrogen and oxygen atoms in total. The third-order valence-corrected chi connectivity index (χ3v) is 9.70. The van der Waals surface area contributed by atoms with Gasteiger partial charge in [-0.1, -0.05) is 69.2 Å². The van der Waals surface area contributed by atoms with Crippen molar-refractivity contribution in [2.24, 2.45) is 41.4 Å². The fraction of sp³-hybridized carbons (Fsp3) is 1.00. The van der Waals surface area contributed by atoms with Crippen LogP contribution in [0.2, 0.25) is 0 Å². The zero-order chi connectivity index (χ0) is 25.3. The standard InChI is InChI=1S/C28H52O6/c1-11-21-15(5)14(4)19(9)27(31-21)34-25-17(7)20(10)28(32-23(25)13-3)33-24-16(6)18(8)26(29)30-22(24)12-2/h14-29H,11-13H2,1-10H3/t14?,15-,16+,17?,18?,19?,20?,21-,22?,23-,24-,25-,26?,27+,28-/m0/s1. The Morgan fingerprint density at radius 2 is 0.912 bits per heavy atom. The van der Waals surface area contributed by atoms with E-state index in [4.69, 9.17) is 23.7 Å². The van der Waals surface area contributed by atoms with Gasteiger partial charge in [0.25, 0.3) is 0 Å². The molecule has 0 aromatic carbocycles. The Bertz CT molecular complexity index is 624. The van der Waals surface area contributed by atoms with E-state index in [0.717, 1.165) is 19.3 Å². The molecule has 7 unspecified atom stereocenters. The molecule has 3 rings (SSSR count). The van der Waals surface area contributed by atoms with Gasteiger partial charge in [-0.2, -0.15) is 0 Å². The molecule has 0 spiro atoms. The topological polar surface area (TPSA) is 66.4 Å². The van der Waals surface area contributed by atoms with Gasteiger partial charge < -0.3 is 28.8 Å². The summed E-state index contributed by atoms with van der Waals surface area (Å²) in [5, 5.41) is 10.3. The minimum Gasteiger partial charge on any atom is -0.368 e. The van der Waals surface area contributed by atoms with Crippen LogP contribution in [0.5, 0.6) is 0 Å². The Kier molecular flexibility index (Phi) is 9.89. The van der Waals surface area contributed by atoms with Gasteiger partial charge in [0.05, 0.1) is 30.5 Å². The molecule has 6 heteroatoms. The first-order valence-corrected chi connectivity index (χ1v) is 14.0. The number of hydrogen-bond donors (Lipinski definition) is 1. The van der Waals surface area contributed by atoms with Crippen molar-refractivity contribution in [1.82, 2.24) is 0 Å². The maximum atomic E-state index is 10.3. The average Bonchev–Trinajstić information content (AvgIpc) is 2.83. The van der Waals surface area contributed by atoms with Crippen LogP contribution in [-0.2, 0) is 23.7 Å². The highest BCUT2D eigenvalue weighted by Gasteiger charge is 2.49. The Morgan fingerprint density at radius 3 is 1.41 bits per heavy atom. The zero-order valence-corrected chi connectivity index (χ0v) is 23.3. The van der Waals surface area contributed by atoms with E-state index in [9.17, 15) is 5.11 Å². The van der Waals surface area contributed by atoms with E-state index >= 15 is 0 Å². The predicted molar refractivity (Wildman–Crippen MR) is 133 cm³/mol. The first-order valence-electron chi connectivity index (χ1n) is 14.0. The SMILES string of the molecule is CCC1OC(O)C(C)[C@@H](C)[C@@H]1O[C@@H]1O[C@@H](CC)[C@@H](O[C@H]2O[C@@H](CC)[C@@H](C)C(C)C2C)C(C)C1C. The van der Waals surface area contributed by atoms with E-state index in [1.807, 2.05) is 6.92 Å². The summed E-state index contributed by atoms with van der Waals surface area (Å²) in [7, 11) is 0. The molecule has 0 radical (unpaired) electrons. The maximum absolute atomic E-state index is 10.3. The molecule has 3 heterocycles. The summed E-state index contributed by atoms with van der Waals surface area (Å²) in [6, 6.07) is 0. The highest BCUT2D eigenvalue weighted by atomic mass is 16.7. The molecule has 0 bridgehead atoms. The first-order chi connectivity index (χ1) is 16.0. The molecule has 34 heavy (non-hydrogen) atoms. The third-order valence-electron chi connectivity index (χ3n) is 9.70. The fourth-order valence-corrected chi connectivity index (χ4v) is 6.19. The Balaban J connectivity index is 1.72. The van der Waals surface area contributed by atoms with Gasteiger partial charge in [-0.15, -0.1) is 0 Å². The van der Waals surface area contributed by atoms with Gasteiger partial charge in [0.1, 0.15) is 0 Å². The fourth-order valence-electron chi connectivity index (χ4n) is 6.19. The van der Waals surface area contributed by atoms with Crippen LogP contribution in [0.3, 0.4) is 0 Å². The lowest BCUT2D eigenvalue weighted by atomic mass is 9.78. The van der Waals surface area contributed by atoms with E-state index in [1.54, 1.807) is 0 Å². The van der Waals surface area contributed by atoms with Gasteiger partial charge in [-0.25, -0.2) is 0 Å². The normalized spacial score (nSPS) is 52.5. The minimum absolute atomic E-state index is 0.0167. The van der Waals surface area contributed by atoms with Crippen LogP contribution in [0.1, 0.15) is 88.5 Å². The molecule has 15 atom stereocenters. The molecule has 0 saturated carbocycles. The molecule has 3 saturated heterocycles. The second-order valence-electron chi connectivity index (χ2n) is 11.6. The summed E-state index contributed by atoms with van der Waals surface area (Å²) in [6.45, 7) is 22.0. The molecule has 3 aliphatic rings. The van der Waals surface area contributed by atoms with Gasteiger partial charge in [0.15, 0.2) is 18.9 Å². The smallest absolute Gasteiger partial charge is 0.161 e. The molecule has 3 fully saturated rings. The van der Waals surface area contributed by atoms with Gasteiger partial charge in [0.2, 0.25) is 0 Å². The van der Waals surface area contributed by atoms with Crippen LogP contribution in [0.25, 0.3) is 0 Å². The van der Waals surface area contributed by atoms with Gasteiger partial charge in [-0.3, -0.25) is 0 Å². The van der Waals surface area contributed by atoms with Crippen molar-refractivity contribution in [1.29, 1.82) is 0 Å². The number of aliphatic hydroxyl groups excluding tert-OH is 1. The molecule has 0 amide bonds. The number of aliphatic hydroxyl groups is 1. The molecule has 0 aromatic heterocycles. The Morgan fingerprint density at radius 1 is 0.500 bits per heavy atom. The van der Waals surface area contributed by atoms with Crippen molar-refractivity contribution in [3.63, 3.8) is 0 Å². The highest BCUT2D eigenvalue weighted by Crippen LogP contribution is 2.42. The summed E-state index contributed by atoms with van der Waals surface area (Å²) < 4.78 is 32.4. The number of ether oxygens (including phenoxy) is 5. The van der Waals surface area contributed by atoms with Crippen LogP contribution < -0.4 is 0 Å². The van der Waals surface area contributed by atoms with Crippen molar-refractivity contribution in [3.8, 4) is 0 Å². The second kappa shape index (κ2) is 11.9. The lowest BCUT2D eigenvalue weighted by Crippen LogP contribution is -2.57. The first kappa shape index (κ1) is 28.3. The highest BCUT2D eigenvalue weighted by molar-refractivity contribution is 4.91. The van der Waals surface area contributed by atoms with E-state index < -0.39 is 6.29 Å². The summed E-state index contributed by atoms with van der Waals surface area (Å²) in [6.07, 6.45) is 1.31. The van der Waals surface area contributed by atoms with Crippen molar-refractivity contribution in [2.45, 2.75) is 138 Å². The largest absolute Gasteiger partial charge is 0.368 e. The predicted octanol–water partition coefficient (Wildman–Crippen LogP) is 5.61. The van der Waals surface area contributed by atoms with E-state index in [1.165, 1.54) is 0 Å². The molecular formula is C28H52O6. The Hall–Kier alpha value is -0.240. The van der Waals surface area contributed by atoms with Gasteiger partial charge in [-0.05, 0) is 42.9 Å². The van der Waals surface area contributed by atoms with Crippen molar-refractivity contribution >= 4 is 0 Å². The van der Waals surface area contributed by atoms with Crippen LogP contribution in [0.4, 0.5) is 0 Å². The lowest BCUT2D eigenvalue weighted by Gasteiger charge is -2.50. The molecule has 1 N–H and O–H groups in total. The van der Waals surface area contributed by atoms with Crippen LogP contribution in [0, 0.1) is 41.4 Å². The molecule has 0 aromatic rings. The van der Waals surface area contributed by atoms with Gasteiger partial charge >= 0.3 is 0 Å². The summed E-state index contributed by atoms with van der Waals surface area (Å²) in [5.41, 5.74) is 0. The van der Waals surface area contributed by atoms with Crippen LogP contribution >= 0.6 is 0 Å². The zero-order valence-electron chi connectivity index (χ0n) is 23.3. The summed E-state index contributed by atoms with van der Waals surface area (Å²) >= 11 is 0. The Labute approximate surface area is 208 Å². The molecule has 3 aliphatic heterocycles. The van der Waals surface area contributed by atoms with E-state index in [2.05, 4.69) is 62.3 Å². The van der Waals surface area contributed by atoms with Crippen LogP contribution in [-0.4, -0.2) is 54.5 Å². The quantitative estimate of drug-likeness (QED) is 0.507. The number of hydrogen-bond acceptors (Lipinski definition) is 6. The number of rotatable bonds is 7. The van der Waals surface area contributed by atoms with Crippen molar-refractivity contribution in [3.05, 3.63) is 0 Å². The van der Waals surface area contributed by atoms with Gasteiger partial charge in [0, 0.05) is 17.8 Å². The molecule has 0 aliphatic carbocycles. The molecular weight excluding hydrogens is 432 g/mol. The minimum atomic E-state index is -0.737. The third kappa shape index (κ3) is 5.52. The lowest BCUT2D eigenvalue weighted by molar-refractivity contribution is -0.346.